The molecular formula is C26H25FN6O3S. The van der Waals surface area contributed by atoms with Crippen molar-refractivity contribution in [2.45, 2.75) is 6.54 Å². The smallest absolute Gasteiger partial charge is 0.229 e. The molecule has 190 valence electrons. The Labute approximate surface area is 214 Å². The number of hydrogen-bond donors (Lipinski definition) is 1. The lowest BCUT2D eigenvalue weighted by atomic mass is 10.1. The van der Waals surface area contributed by atoms with Crippen molar-refractivity contribution in [2.24, 2.45) is 0 Å². The average Bonchev–Trinajstić information content (AvgIpc) is 3.54. The number of anilines is 1. The van der Waals surface area contributed by atoms with Crippen LogP contribution in [0.2, 0.25) is 0 Å². The molecule has 5 aromatic rings. The molecule has 1 aromatic carbocycles. The van der Waals surface area contributed by atoms with Gasteiger partial charge in [0.1, 0.15) is 22.8 Å². The van der Waals surface area contributed by atoms with Crippen LogP contribution in [0, 0.1) is 5.82 Å². The van der Waals surface area contributed by atoms with E-state index in [0.29, 0.717) is 78.4 Å². The van der Waals surface area contributed by atoms with Crippen LogP contribution in [0.5, 0.6) is 0 Å². The number of morpholine rings is 1. The molecule has 2 fully saturated rings. The Morgan fingerprint density at radius 3 is 2.73 bits per heavy atom. The van der Waals surface area contributed by atoms with Gasteiger partial charge in [-0.3, -0.25) is 4.90 Å². The maximum absolute atomic E-state index is 15.3. The van der Waals surface area contributed by atoms with E-state index in [1.165, 1.54) is 6.07 Å². The minimum absolute atomic E-state index is 0.309. The van der Waals surface area contributed by atoms with Gasteiger partial charge in [-0.1, -0.05) is 11.2 Å². The molecule has 1 N–H and O–H groups in total. The number of nitrogens with one attached hydrogen (secondary N) is 1. The van der Waals surface area contributed by atoms with Gasteiger partial charge < -0.3 is 23.6 Å². The van der Waals surface area contributed by atoms with Crippen molar-refractivity contribution < 1.29 is 18.1 Å². The van der Waals surface area contributed by atoms with E-state index < -0.39 is 11.2 Å². The Morgan fingerprint density at radius 2 is 1.89 bits per heavy atom. The first-order valence-electron chi connectivity index (χ1n) is 12.4. The van der Waals surface area contributed by atoms with E-state index >= 15 is 4.39 Å². The summed E-state index contributed by atoms with van der Waals surface area (Å²) < 4.78 is 38.8. The Balaban J connectivity index is 1.40. The molecule has 0 atom stereocenters. The van der Waals surface area contributed by atoms with Crippen molar-refractivity contribution in [3.05, 3.63) is 48.0 Å². The van der Waals surface area contributed by atoms with E-state index in [-0.39, 0.29) is 5.82 Å². The Morgan fingerprint density at radius 1 is 1.05 bits per heavy atom. The van der Waals surface area contributed by atoms with Crippen LogP contribution in [0.15, 0.2) is 41.1 Å². The quantitative estimate of drug-likeness (QED) is 0.359. The first kappa shape index (κ1) is 22.9. The zero-order chi connectivity index (χ0) is 24.9. The molecule has 0 bridgehead atoms. The fourth-order valence-corrected chi connectivity index (χ4v) is 6.30. The van der Waals surface area contributed by atoms with Gasteiger partial charge in [-0.25, -0.2) is 19.3 Å². The molecule has 2 aliphatic heterocycles. The van der Waals surface area contributed by atoms with Crippen molar-refractivity contribution in [3.63, 3.8) is 0 Å². The summed E-state index contributed by atoms with van der Waals surface area (Å²) in [5.41, 5.74) is 3.82. The molecule has 0 aliphatic carbocycles. The van der Waals surface area contributed by atoms with Gasteiger partial charge in [0.05, 0.1) is 24.2 Å². The third-order valence-electron chi connectivity index (χ3n) is 7.10. The molecule has 4 aromatic heterocycles. The number of hydrogen-bond acceptors (Lipinski definition) is 8. The summed E-state index contributed by atoms with van der Waals surface area (Å²) in [5.74, 6) is 1.94. The number of aromatic nitrogens is 4. The number of furan rings is 1. The van der Waals surface area contributed by atoms with Gasteiger partial charge in [-0.15, -0.1) is 0 Å². The van der Waals surface area contributed by atoms with E-state index in [1.54, 1.807) is 12.3 Å². The van der Waals surface area contributed by atoms with E-state index in [2.05, 4.69) is 19.8 Å². The molecule has 7 rings (SSSR count). The Kier molecular flexibility index (Phi) is 5.73. The van der Waals surface area contributed by atoms with Crippen LogP contribution in [0.3, 0.4) is 0 Å². The molecule has 6 heterocycles. The third-order valence-corrected chi connectivity index (χ3v) is 8.38. The van der Waals surface area contributed by atoms with Gasteiger partial charge >= 0.3 is 0 Å². The number of rotatable bonds is 4. The summed E-state index contributed by atoms with van der Waals surface area (Å²) >= 11 is -0.724. The van der Waals surface area contributed by atoms with Crippen LogP contribution in [0.1, 0.15) is 5.56 Å². The normalized spacial score (nSPS) is 17.9. The van der Waals surface area contributed by atoms with Crippen LogP contribution in [-0.4, -0.2) is 80.3 Å². The standard InChI is InChI=1S/C26H25FN6O3S/c27-19-1-2-20-17(3-4-28-20)21(19)24-30-22-18-13-16(15-32-7-11-37(34)12-8-32)14-29-26(18)36-23(22)25(31-24)33-5-9-35-10-6-33/h1-4,13-14,28H,5-12,15H2. The maximum atomic E-state index is 15.3. The molecule has 0 radical (unpaired) electrons. The highest BCUT2D eigenvalue weighted by Gasteiger charge is 2.26. The predicted octanol–water partition coefficient (Wildman–Crippen LogP) is 3.46. The Hall–Kier alpha value is -3.25. The van der Waals surface area contributed by atoms with Crippen LogP contribution in [0.4, 0.5) is 10.2 Å². The van der Waals surface area contributed by atoms with Crippen LogP contribution in [0.25, 0.3) is 44.5 Å². The lowest BCUT2D eigenvalue weighted by Gasteiger charge is -2.28. The lowest BCUT2D eigenvalue weighted by molar-refractivity contribution is 0.122. The average molecular weight is 521 g/mol. The maximum Gasteiger partial charge on any atom is 0.229 e. The minimum Gasteiger partial charge on any atom is -0.616 e. The van der Waals surface area contributed by atoms with Crippen molar-refractivity contribution >= 4 is 50.1 Å². The largest absolute Gasteiger partial charge is 0.616 e. The second-order valence-electron chi connectivity index (χ2n) is 9.43. The summed E-state index contributed by atoms with van der Waals surface area (Å²) in [7, 11) is 0. The van der Waals surface area contributed by atoms with Crippen molar-refractivity contribution in [3.8, 4) is 11.4 Å². The van der Waals surface area contributed by atoms with Crippen LogP contribution in [-0.2, 0) is 22.5 Å². The lowest BCUT2D eigenvalue weighted by Crippen LogP contribution is -2.39. The predicted molar refractivity (Wildman–Crippen MR) is 141 cm³/mol. The summed E-state index contributed by atoms with van der Waals surface area (Å²) in [6.45, 7) is 4.74. The van der Waals surface area contributed by atoms with E-state index in [9.17, 15) is 4.55 Å². The highest BCUT2D eigenvalue weighted by atomic mass is 32.2. The van der Waals surface area contributed by atoms with Crippen molar-refractivity contribution in [1.29, 1.82) is 0 Å². The molecule has 11 heteroatoms. The number of fused-ring (bicyclic) bond motifs is 4. The summed E-state index contributed by atoms with van der Waals surface area (Å²) in [6, 6.07) is 7.05. The monoisotopic (exact) mass is 520 g/mol. The van der Waals surface area contributed by atoms with Crippen molar-refractivity contribution in [2.75, 3.05) is 55.8 Å². The molecule has 0 spiro atoms. The summed E-state index contributed by atoms with van der Waals surface area (Å²) in [6.07, 6.45) is 3.61. The first-order valence-corrected chi connectivity index (χ1v) is 13.9. The van der Waals surface area contributed by atoms with Gasteiger partial charge in [-0.2, -0.15) is 0 Å². The molecular weight excluding hydrogens is 495 g/mol. The second-order valence-corrected chi connectivity index (χ2v) is 11.1. The third kappa shape index (κ3) is 4.11. The number of nitrogens with zero attached hydrogens (tertiary/aromatic N) is 5. The highest BCUT2D eigenvalue weighted by molar-refractivity contribution is 7.91. The number of H-pyrrole nitrogens is 1. The van der Waals surface area contributed by atoms with Crippen molar-refractivity contribution in [1.82, 2.24) is 24.8 Å². The summed E-state index contributed by atoms with van der Waals surface area (Å²) in [4.78, 5) is 21.9. The Bertz CT molecular complexity index is 1610. The van der Waals surface area contributed by atoms with E-state index in [4.69, 9.17) is 19.1 Å². The molecule has 9 nitrogen and oxygen atoms in total. The SMILES string of the molecule is [O-][S+]1CCN(Cc2cnc3oc4c(N5CCOCC5)nc(-c5c(F)ccc6[nH]ccc56)nc4c3c2)CC1. The zero-order valence-electron chi connectivity index (χ0n) is 20.1. The van der Waals surface area contributed by atoms with Gasteiger partial charge in [-0.05, 0) is 29.8 Å². The molecule has 0 saturated carbocycles. The van der Waals surface area contributed by atoms with Gasteiger partial charge in [0.25, 0.3) is 0 Å². The summed E-state index contributed by atoms with van der Waals surface area (Å²) in [5, 5.41) is 1.49. The zero-order valence-corrected chi connectivity index (χ0v) is 20.9. The molecule has 2 saturated heterocycles. The fourth-order valence-electron chi connectivity index (χ4n) is 5.17. The van der Waals surface area contributed by atoms with Crippen LogP contribution >= 0.6 is 0 Å². The second kappa shape index (κ2) is 9.25. The topological polar surface area (TPSA) is 106 Å². The number of aromatic amines is 1. The van der Waals surface area contributed by atoms with Gasteiger partial charge in [0, 0.05) is 56.0 Å². The minimum atomic E-state index is -0.724. The molecule has 0 unspecified atom stereocenters. The molecule has 37 heavy (non-hydrogen) atoms. The van der Waals surface area contributed by atoms with Gasteiger partial charge in [0.2, 0.25) is 5.71 Å². The number of benzene rings is 1. The number of halogens is 1. The van der Waals surface area contributed by atoms with E-state index in [0.717, 1.165) is 34.9 Å². The number of pyridine rings is 1. The first-order chi connectivity index (χ1) is 18.1. The van der Waals surface area contributed by atoms with Crippen LogP contribution < -0.4 is 4.90 Å². The molecule has 0 amide bonds. The number of ether oxygens (including phenoxy) is 1. The van der Waals surface area contributed by atoms with Gasteiger partial charge in [0.15, 0.2) is 17.2 Å². The van der Waals surface area contributed by atoms with E-state index in [1.807, 2.05) is 18.3 Å². The molecule has 2 aliphatic rings. The fraction of sp³-hybridized carbons (Fsp3) is 0.346. The highest BCUT2D eigenvalue weighted by Crippen LogP contribution is 2.37.